The summed E-state index contributed by atoms with van der Waals surface area (Å²) in [5, 5.41) is 3.68. The lowest BCUT2D eigenvalue weighted by Crippen LogP contribution is -2.66. The van der Waals surface area contributed by atoms with Crippen LogP contribution in [0.15, 0.2) is 169 Å². The van der Waals surface area contributed by atoms with E-state index in [4.69, 9.17) is 20.8 Å². The highest BCUT2D eigenvalue weighted by atomic mass is 35.5. The van der Waals surface area contributed by atoms with Crippen molar-refractivity contribution in [2.75, 3.05) is 19.0 Å². The minimum absolute atomic E-state index is 0.106. The quantitative estimate of drug-likeness (QED) is 0.0673. The van der Waals surface area contributed by atoms with Gasteiger partial charge in [-0.2, -0.15) is 0 Å². The molecule has 0 amide bonds. The highest BCUT2D eigenvalue weighted by Crippen LogP contribution is 2.40. The van der Waals surface area contributed by atoms with Crippen molar-refractivity contribution in [2.45, 2.75) is 69.4 Å². The molecule has 7 rings (SSSR count). The summed E-state index contributed by atoms with van der Waals surface area (Å²) in [6.45, 7) is 9.35. The third-order valence-corrected chi connectivity index (χ3v) is 18.6. The van der Waals surface area contributed by atoms with Crippen LogP contribution in [0.2, 0.25) is 10.1 Å². The molecule has 1 aromatic heterocycles. The van der Waals surface area contributed by atoms with Crippen LogP contribution in [0.3, 0.4) is 0 Å². The maximum absolute atomic E-state index is 14.2. The Bertz CT molecular complexity index is 2570. The smallest absolute Gasteiger partial charge is 0.306 e. The molecule has 9 heteroatoms. The number of sulfone groups is 1. The van der Waals surface area contributed by atoms with Gasteiger partial charge >= 0.3 is 5.97 Å². The number of rotatable bonds is 17. The van der Waals surface area contributed by atoms with Gasteiger partial charge in [0, 0.05) is 41.1 Å². The number of nitrogens with zero attached hydrogens (tertiary/aromatic N) is 1. The summed E-state index contributed by atoms with van der Waals surface area (Å²) in [6, 6.07) is 54.8. The standard InChI is InChI=1S/C52H54ClNO5SSi/c1-5-58-50(55)33-28-39-26-30-43(31-27-39)60(56,57)37-35-46-47-38-42(53)29-32-48(47)54(51(40-18-10-6-11-19-40)41-20-12-7-13-21-41)49(46)34-36-59-61(52(2,3)4,44-22-14-8-15-23-44)45-24-16-9-17-25-45/h6-27,29-32,38,51H,5,28,33-37H2,1-4H3. The molecule has 0 radical (unpaired) electrons. The molecule has 0 N–H and O–H groups in total. The van der Waals surface area contributed by atoms with Crippen molar-refractivity contribution < 1.29 is 22.4 Å². The number of carbonyl (C=O) groups is 1. The summed E-state index contributed by atoms with van der Waals surface area (Å²) in [7, 11) is -6.63. The number of fused-ring (bicyclic) bond motifs is 1. The zero-order valence-corrected chi connectivity index (χ0v) is 38.0. The van der Waals surface area contributed by atoms with Gasteiger partial charge in [-0.05, 0) is 87.8 Å². The summed E-state index contributed by atoms with van der Waals surface area (Å²) in [5.41, 5.74) is 6.02. The van der Waals surface area contributed by atoms with Crippen LogP contribution in [0.1, 0.15) is 68.1 Å². The van der Waals surface area contributed by atoms with E-state index in [1.165, 1.54) is 10.4 Å². The number of halogens is 1. The number of benzene rings is 6. The van der Waals surface area contributed by atoms with E-state index in [1.807, 2.05) is 36.4 Å². The molecule has 0 unspecified atom stereocenters. The lowest BCUT2D eigenvalue weighted by molar-refractivity contribution is -0.143. The highest BCUT2D eigenvalue weighted by molar-refractivity contribution is 7.91. The molecule has 1 heterocycles. The molecule has 0 aliphatic carbocycles. The van der Waals surface area contributed by atoms with Crippen LogP contribution in [-0.4, -0.2) is 46.2 Å². The van der Waals surface area contributed by atoms with E-state index in [0.29, 0.717) is 31.1 Å². The van der Waals surface area contributed by atoms with Gasteiger partial charge in [-0.1, -0.05) is 166 Å². The minimum atomic E-state index is -3.72. The summed E-state index contributed by atoms with van der Waals surface area (Å²) < 4.78 is 43.4. The fourth-order valence-electron chi connectivity index (χ4n) is 8.77. The van der Waals surface area contributed by atoms with Crippen LogP contribution in [0.4, 0.5) is 0 Å². The lowest BCUT2D eigenvalue weighted by Gasteiger charge is -2.43. The molecule has 6 nitrogen and oxygen atoms in total. The van der Waals surface area contributed by atoms with Gasteiger partial charge in [-0.25, -0.2) is 8.42 Å². The normalized spacial score (nSPS) is 12.2. The molecule has 0 bridgehead atoms. The average Bonchev–Trinajstić information content (AvgIpc) is 3.56. The molecule has 7 aromatic rings. The number of ether oxygens (including phenoxy) is 1. The summed E-state index contributed by atoms with van der Waals surface area (Å²) in [6.07, 6.45) is 1.50. The molecule has 0 aliphatic rings. The summed E-state index contributed by atoms with van der Waals surface area (Å²) >= 11 is 6.80. The van der Waals surface area contributed by atoms with Crippen LogP contribution in [-0.2, 0) is 43.1 Å². The predicted molar refractivity (Wildman–Crippen MR) is 252 cm³/mol. The fraction of sp³-hybridized carbons (Fsp3) is 0.250. The van der Waals surface area contributed by atoms with Crippen LogP contribution in [0.25, 0.3) is 10.9 Å². The number of esters is 1. The van der Waals surface area contributed by atoms with Crippen LogP contribution in [0.5, 0.6) is 0 Å². The van der Waals surface area contributed by atoms with Crippen molar-refractivity contribution >= 4 is 57.0 Å². The molecule has 0 fully saturated rings. The van der Waals surface area contributed by atoms with Gasteiger partial charge < -0.3 is 13.7 Å². The molecule has 6 aromatic carbocycles. The molecular formula is C52H54ClNO5SSi. The van der Waals surface area contributed by atoms with E-state index in [-0.39, 0.29) is 40.5 Å². The van der Waals surface area contributed by atoms with E-state index in [2.05, 4.69) is 128 Å². The van der Waals surface area contributed by atoms with Crippen molar-refractivity contribution in [3.63, 3.8) is 0 Å². The SMILES string of the molecule is CCOC(=O)CCc1ccc(S(=O)(=O)CCc2c(CCO[Si](c3ccccc3)(c3ccccc3)C(C)(C)C)n(C(c3ccccc3)c3ccccc3)c3ccc(Cl)cc23)cc1. The first-order valence-electron chi connectivity index (χ1n) is 21.1. The minimum Gasteiger partial charge on any atom is -0.466 e. The molecule has 61 heavy (non-hydrogen) atoms. The number of carbonyl (C=O) groups excluding carboxylic acids is 1. The van der Waals surface area contributed by atoms with Crippen LogP contribution < -0.4 is 10.4 Å². The largest absolute Gasteiger partial charge is 0.466 e. The van der Waals surface area contributed by atoms with E-state index < -0.39 is 18.2 Å². The topological polar surface area (TPSA) is 74.6 Å². The predicted octanol–water partition coefficient (Wildman–Crippen LogP) is 10.6. The third-order valence-electron chi connectivity index (χ3n) is 11.6. The second-order valence-corrected chi connectivity index (χ2v) is 23.3. The van der Waals surface area contributed by atoms with Crippen molar-refractivity contribution in [2.24, 2.45) is 0 Å². The van der Waals surface area contributed by atoms with Gasteiger partial charge in [0.25, 0.3) is 8.32 Å². The second-order valence-electron chi connectivity index (χ2n) is 16.5. The van der Waals surface area contributed by atoms with Crippen molar-refractivity contribution in [3.8, 4) is 0 Å². The molecule has 0 aliphatic heterocycles. The van der Waals surface area contributed by atoms with Crippen molar-refractivity contribution in [1.29, 1.82) is 0 Å². The van der Waals surface area contributed by atoms with E-state index in [0.717, 1.165) is 38.9 Å². The Morgan fingerprint density at radius 2 is 1.25 bits per heavy atom. The Balaban J connectivity index is 1.34. The first-order chi connectivity index (χ1) is 29.4. The Morgan fingerprint density at radius 3 is 1.77 bits per heavy atom. The van der Waals surface area contributed by atoms with Crippen LogP contribution >= 0.6 is 11.6 Å². The fourth-order valence-corrected chi connectivity index (χ4v) is 14.8. The van der Waals surface area contributed by atoms with Gasteiger partial charge in [-0.3, -0.25) is 4.79 Å². The first kappa shape index (κ1) is 43.8. The molecule has 314 valence electrons. The Labute approximate surface area is 367 Å². The lowest BCUT2D eigenvalue weighted by atomic mass is 9.97. The highest BCUT2D eigenvalue weighted by Gasteiger charge is 2.50. The van der Waals surface area contributed by atoms with E-state index in [9.17, 15) is 13.2 Å². The van der Waals surface area contributed by atoms with E-state index in [1.54, 1.807) is 31.2 Å². The molecule has 0 spiro atoms. The number of aryl methyl sites for hydroxylation is 2. The summed E-state index contributed by atoms with van der Waals surface area (Å²) in [4.78, 5) is 12.2. The van der Waals surface area contributed by atoms with Gasteiger partial charge in [0.15, 0.2) is 9.84 Å². The summed E-state index contributed by atoms with van der Waals surface area (Å²) in [5.74, 6) is -0.377. The molecular weight excluding hydrogens is 814 g/mol. The Kier molecular flexibility index (Phi) is 13.8. The Hall–Kier alpha value is -5.25. The molecule has 0 saturated carbocycles. The van der Waals surface area contributed by atoms with Gasteiger partial charge in [0.2, 0.25) is 0 Å². The maximum Gasteiger partial charge on any atom is 0.306 e. The monoisotopic (exact) mass is 867 g/mol. The van der Waals surface area contributed by atoms with Gasteiger partial charge in [-0.15, -0.1) is 0 Å². The third kappa shape index (κ3) is 9.63. The zero-order chi connectivity index (χ0) is 43.0. The zero-order valence-electron chi connectivity index (χ0n) is 35.4. The average molecular weight is 869 g/mol. The number of hydrogen-bond acceptors (Lipinski definition) is 5. The first-order valence-corrected chi connectivity index (χ1v) is 25.0. The number of hydrogen-bond donors (Lipinski definition) is 0. The van der Waals surface area contributed by atoms with Gasteiger partial charge in [0.1, 0.15) is 0 Å². The van der Waals surface area contributed by atoms with Crippen LogP contribution in [0, 0.1) is 0 Å². The van der Waals surface area contributed by atoms with E-state index >= 15 is 0 Å². The van der Waals surface area contributed by atoms with Crippen molar-refractivity contribution in [1.82, 2.24) is 4.57 Å². The van der Waals surface area contributed by atoms with Gasteiger partial charge in [0.05, 0.1) is 23.3 Å². The maximum atomic E-state index is 14.2. The van der Waals surface area contributed by atoms with Crippen molar-refractivity contribution in [3.05, 3.63) is 197 Å². The Morgan fingerprint density at radius 1 is 0.705 bits per heavy atom. The second kappa shape index (κ2) is 19.2. The number of aromatic nitrogens is 1. The molecule has 0 saturated heterocycles. The molecule has 0 atom stereocenters.